The molecule has 1 aliphatic rings. The molecular formula is C24H21N3O3S2. The van der Waals surface area contributed by atoms with Crippen LogP contribution in [-0.2, 0) is 24.3 Å². The number of thiophene rings is 2. The number of hydrogen-bond acceptors (Lipinski definition) is 5. The van der Waals surface area contributed by atoms with E-state index in [1.165, 1.54) is 21.7 Å². The lowest BCUT2D eigenvalue weighted by Crippen LogP contribution is -2.46. The maximum atomic E-state index is 13.4. The molecule has 3 aromatic heterocycles. The molecule has 1 atom stereocenters. The van der Waals surface area contributed by atoms with Gasteiger partial charge in [-0.2, -0.15) is 0 Å². The molecule has 0 bridgehead atoms. The van der Waals surface area contributed by atoms with Gasteiger partial charge in [-0.15, -0.1) is 22.7 Å². The van der Waals surface area contributed by atoms with Crippen LogP contribution in [0.2, 0.25) is 0 Å². The SMILES string of the molecule is O=C(Cn1c(=O)ccn(Cc2ccccc2)c1=O)N1CCc2sccc2[C@@H]1c1cccs1. The van der Waals surface area contributed by atoms with Crippen LogP contribution in [0.25, 0.3) is 0 Å². The Morgan fingerprint density at radius 1 is 0.969 bits per heavy atom. The number of benzene rings is 1. The van der Waals surface area contributed by atoms with Crippen LogP contribution in [0, 0.1) is 0 Å². The Morgan fingerprint density at radius 2 is 1.81 bits per heavy atom. The first-order valence-electron chi connectivity index (χ1n) is 10.3. The Bertz CT molecular complexity index is 1350. The lowest BCUT2D eigenvalue weighted by atomic mass is 9.98. The number of carbonyl (C=O) groups is 1. The monoisotopic (exact) mass is 463 g/mol. The van der Waals surface area contributed by atoms with E-state index in [9.17, 15) is 14.4 Å². The van der Waals surface area contributed by atoms with Crippen molar-refractivity contribution in [1.82, 2.24) is 14.0 Å². The van der Waals surface area contributed by atoms with Crippen LogP contribution in [0.4, 0.5) is 0 Å². The molecule has 1 aliphatic heterocycles. The van der Waals surface area contributed by atoms with Gasteiger partial charge in [-0.1, -0.05) is 36.4 Å². The number of aromatic nitrogens is 2. The third-order valence-corrected chi connectivity index (χ3v) is 7.65. The molecule has 4 aromatic rings. The molecule has 8 heteroatoms. The molecule has 6 nitrogen and oxygen atoms in total. The molecule has 1 aromatic carbocycles. The van der Waals surface area contributed by atoms with Crippen molar-refractivity contribution in [3.05, 3.63) is 113 Å². The summed E-state index contributed by atoms with van der Waals surface area (Å²) >= 11 is 3.32. The molecule has 162 valence electrons. The highest BCUT2D eigenvalue weighted by molar-refractivity contribution is 7.10. The topological polar surface area (TPSA) is 64.3 Å². The van der Waals surface area contributed by atoms with Crippen LogP contribution in [0.15, 0.2) is 81.1 Å². The molecule has 0 radical (unpaired) electrons. The highest BCUT2D eigenvalue weighted by Crippen LogP contribution is 2.39. The molecule has 0 aliphatic carbocycles. The second kappa shape index (κ2) is 8.72. The van der Waals surface area contributed by atoms with Gasteiger partial charge in [0, 0.05) is 28.6 Å². The van der Waals surface area contributed by atoms with Crippen LogP contribution in [-0.4, -0.2) is 26.5 Å². The summed E-state index contributed by atoms with van der Waals surface area (Å²) in [6.45, 7) is 0.636. The van der Waals surface area contributed by atoms with Gasteiger partial charge in [0.05, 0.1) is 12.6 Å². The van der Waals surface area contributed by atoms with Gasteiger partial charge >= 0.3 is 5.69 Å². The van der Waals surface area contributed by atoms with Crippen molar-refractivity contribution in [3.8, 4) is 0 Å². The van der Waals surface area contributed by atoms with Crippen molar-refractivity contribution in [2.75, 3.05) is 6.54 Å². The van der Waals surface area contributed by atoms with E-state index >= 15 is 0 Å². The predicted octanol–water partition coefficient (Wildman–Crippen LogP) is 3.36. The lowest BCUT2D eigenvalue weighted by Gasteiger charge is -2.35. The molecular weight excluding hydrogens is 442 g/mol. The molecule has 4 heterocycles. The fraction of sp³-hybridized carbons (Fsp3) is 0.208. The van der Waals surface area contributed by atoms with E-state index in [0.29, 0.717) is 13.1 Å². The van der Waals surface area contributed by atoms with Crippen LogP contribution in [0.3, 0.4) is 0 Å². The zero-order chi connectivity index (χ0) is 22.1. The standard InChI is InChI=1S/C24H21N3O3S2/c28-21-9-11-25(15-17-5-2-1-3-6-17)24(30)27(21)16-22(29)26-12-8-19-18(10-14-32-19)23(26)20-7-4-13-31-20/h1-7,9-11,13-14,23H,8,12,15-16H2/t23-/m1/s1. The second-order valence-electron chi connectivity index (χ2n) is 7.69. The minimum atomic E-state index is -0.476. The van der Waals surface area contributed by atoms with Gasteiger partial charge in [0.2, 0.25) is 5.91 Å². The summed E-state index contributed by atoms with van der Waals surface area (Å²) < 4.78 is 2.51. The summed E-state index contributed by atoms with van der Waals surface area (Å²) in [7, 11) is 0. The lowest BCUT2D eigenvalue weighted by molar-refractivity contribution is -0.134. The fourth-order valence-corrected chi connectivity index (χ4v) is 5.93. The Kier molecular flexibility index (Phi) is 5.63. The van der Waals surface area contributed by atoms with Gasteiger partial charge in [-0.3, -0.25) is 18.7 Å². The molecule has 0 saturated heterocycles. The van der Waals surface area contributed by atoms with Crippen LogP contribution in [0.5, 0.6) is 0 Å². The van der Waals surface area contributed by atoms with Crippen molar-refractivity contribution in [2.45, 2.75) is 25.6 Å². The Balaban J connectivity index is 1.45. The number of rotatable bonds is 5. The highest BCUT2D eigenvalue weighted by atomic mass is 32.1. The van der Waals surface area contributed by atoms with Gasteiger partial charge < -0.3 is 4.90 Å². The summed E-state index contributed by atoms with van der Waals surface area (Å²) in [5.41, 5.74) is 1.15. The molecule has 32 heavy (non-hydrogen) atoms. The van der Waals surface area contributed by atoms with Crippen molar-refractivity contribution in [1.29, 1.82) is 0 Å². The summed E-state index contributed by atoms with van der Waals surface area (Å²) in [4.78, 5) is 43.1. The van der Waals surface area contributed by atoms with Crippen molar-refractivity contribution < 1.29 is 4.79 Å². The molecule has 0 saturated carbocycles. The van der Waals surface area contributed by atoms with E-state index in [-0.39, 0.29) is 18.5 Å². The number of hydrogen-bond donors (Lipinski definition) is 0. The van der Waals surface area contributed by atoms with E-state index < -0.39 is 11.2 Å². The fourth-order valence-electron chi connectivity index (χ4n) is 4.17. The zero-order valence-corrected chi connectivity index (χ0v) is 18.8. The maximum absolute atomic E-state index is 13.4. The molecule has 1 amide bonds. The van der Waals surface area contributed by atoms with Gasteiger partial charge in [0.15, 0.2) is 0 Å². The first-order chi connectivity index (χ1) is 15.6. The van der Waals surface area contributed by atoms with Gasteiger partial charge in [0.1, 0.15) is 6.54 Å². The molecule has 0 spiro atoms. The zero-order valence-electron chi connectivity index (χ0n) is 17.2. The largest absolute Gasteiger partial charge is 0.331 e. The summed E-state index contributed by atoms with van der Waals surface area (Å²) in [5.74, 6) is -0.225. The third-order valence-electron chi connectivity index (χ3n) is 5.73. The van der Waals surface area contributed by atoms with Crippen LogP contribution >= 0.6 is 22.7 Å². The van der Waals surface area contributed by atoms with E-state index in [1.54, 1.807) is 27.6 Å². The smallest absolute Gasteiger partial charge is 0.329 e. The van der Waals surface area contributed by atoms with Gasteiger partial charge in [0.25, 0.3) is 5.56 Å². The number of carbonyl (C=O) groups excluding carboxylic acids is 1. The Hall–Kier alpha value is -3.23. The maximum Gasteiger partial charge on any atom is 0.331 e. The summed E-state index contributed by atoms with van der Waals surface area (Å²) in [6, 6.07) is 16.8. The Labute approximate surface area is 192 Å². The first kappa shape index (κ1) is 20.7. The Morgan fingerprint density at radius 3 is 2.59 bits per heavy atom. The van der Waals surface area contributed by atoms with Crippen molar-refractivity contribution >= 4 is 28.6 Å². The second-order valence-corrected chi connectivity index (χ2v) is 9.67. The summed E-state index contributed by atoms with van der Waals surface area (Å²) in [5, 5.41) is 4.06. The third kappa shape index (κ3) is 3.87. The first-order valence-corrected chi connectivity index (χ1v) is 12.1. The van der Waals surface area contributed by atoms with Crippen molar-refractivity contribution in [3.63, 3.8) is 0 Å². The van der Waals surface area contributed by atoms with E-state index in [1.807, 2.05) is 47.8 Å². The average molecular weight is 464 g/mol. The molecule has 0 fully saturated rings. The number of nitrogens with zero attached hydrogens (tertiary/aromatic N) is 3. The van der Waals surface area contributed by atoms with E-state index in [0.717, 1.165) is 27.0 Å². The van der Waals surface area contributed by atoms with Gasteiger partial charge in [-0.05, 0) is 40.4 Å². The van der Waals surface area contributed by atoms with Crippen LogP contribution < -0.4 is 11.2 Å². The minimum Gasteiger partial charge on any atom is -0.329 e. The highest BCUT2D eigenvalue weighted by Gasteiger charge is 2.33. The predicted molar refractivity (Wildman–Crippen MR) is 126 cm³/mol. The minimum absolute atomic E-state index is 0.177. The summed E-state index contributed by atoms with van der Waals surface area (Å²) in [6.07, 6.45) is 2.27. The van der Waals surface area contributed by atoms with Gasteiger partial charge in [-0.25, -0.2) is 4.79 Å². The molecule has 0 unspecified atom stereocenters. The van der Waals surface area contributed by atoms with E-state index in [2.05, 4.69) is 11.4 Å². The average Bonchev–Trinajstić information content (AvgIpc) is 3.50. The normalized spacial score (nSPS) is 15.5. The van der Waals surface area contributed by atoms with E-state index in [4.69, 9.17) is 0 Å². The van der Waals surface area contributed by atoms with Crippen molar-refractivity contribution in [2.24, 2.45) is 0 Å². The molecule has 5 rings (SSSR count). The quantitative estimate of drug-likeness (QED) is 0.456. The number of fused-ring (bicyclic) bond motifs is 1. The van der Waals surface area contributed by atoms with Crippen LogP contribution in [0.1, 0.15) is 26.9 Å². The number of amides is 1. The molecule has 0 N–H and O–H groups in total.